The molecule has 1 aromatic carbocycles. The summed E-state index contributed by atoms with van der Waals surface area (Å²) in [7, 11) is 0. The van der Waals surface area contributed by atoms with Crippen LogP contribution in [0.15, 0.2) is 24.3 Å². The normalized spacial score (nSPS) is 10.7. The molecule has 0 unspecified atom stereocenters. The van der Waals surface area contributed by atoms with E-state index >= 15 is 0 Å². The summed E-state index contributed by atoms with van der Waals surface area (Å²) < 4.78 is 9.84. The molecule has 0 saturated heterocycles. The Balaban J connectivity index is 2.25. The van der Waals surface area contributed by atoms with Crippen LogP contribution in [0.4, 0.5) is 4.79 Å². The number of esters is 1. The minimum absolute atomic E-state index is 0.0479. The molecule has 1 amide bonds. The average molecular weight is 323 g/mol. The van der Waals surface area contributed by atoms with Crippen molar-refractivity contribution in [3.8, 4) is 5.75 Å². The van der Waals surface area contributed by atoms with E-state index in [0.717, 1.165) is 0 Å². The molecular formula is C16H21NO6. The first-order chi connectivity index (χ1) is 10.7. The minimum Gasteiger partial charge on any atom is -0.508 e. The van der Waals surface area contributed by atoms with Crippen LogP contribution in [-0.2, 0) is 14.3 Å². The molecule has 0 spiro atoms. The zero-order valence-electron chi connectivity index (χ0n) is 13.4. The Morgan fingerprint density at radius 2 is 1.74 bits per heavy atom. The summed E-state index contributed by atoms with van der Waals surface area (Å²) in [5, 5.41) is 11.5. The van der Waals surface area contributed by atoms with Crippen molar-refractivity contribution in [2.45, 2.75) is 32.8 Å². The number of Topliss-reactive ketones (excluding diaryl/α,β-unsaturated/α-hetero) is 1. The highest BCUT2D eigenvalue weighted by Crippen LogP contribution is 2.10. The summed E-state index contributed by atoms with van der Waals surface area (Å²) >= 11 is 0. The van der Waals surface area contributed by atoms with Crippen LogP contribution in [0.1, 0.15) is 37.6 Å². The highest BCUT2D eigenvalue weighted by molar-refractivity contribution is 5.98. The second-order valence-electron chi connectivity index (χ2n) is 5.81. The Morgan fingerprint density at radius 1 is 1.13 bits per heavy atom. The smallest absolute Gasteiger partial charge is 0.407 e. The van der Waals surface area contributed by atoms with Crippen LogP contribution in [0.2, 0.25) is 0 Å². The number of hydrogen-bond acceptors (Lipinski definition) is 6. The molecule has 1 aromatic rings. The predicted molar refractivity (Wildman–Crippen MR) is 82.3 cm³/mol. The lowest BCUT2D eigenvalue weighted by atomic mass is 10.1. The van der Waals surface area contributed by atoms with E-state index in [1.54, 1.807) is 20.8 Å². The standard InChI is InChI=1S/C16H21NO6/c1-16(2,3)23-15(21)17-9-8-14(20)22-10-13(19)11-4-6-12(18)7-5-11/h4-7,18H,8-10H2,1-3H3,(H,17,21). The second kappa shape index (κ2) is 8.17. The summed E-state index contributed by atoms with van der Waals surface area (Å²) in [5.41, 5.74) is -0.274. The average Bonchev–Trinajstić information content (AvgIpc) is 2.43. The fourth-order valence-corrected chi connectivity index (χ4v) is 1.53. The molecule has 0 radical (unpaired) electrons. The molecule has 0 heterocycles. The van der Waals surface area contributed by atoms with Gasteiger partial charge in [-0.2, -0.15) is 0 Å². The molecule has 0 aliphatic carbocycles. The number of phenolic OH excluding ortho intramolecular Hbond substituents is 1. The van der Waals surface area contributed by atoms with Crippen LogP contribution < -0.4 is 5.32 Å². The first-order valence-corrected chi connectivity index (χ1v) is 7.12. The second-order valence-corrected chi connectivity index (χ2v) is 5.81. The van der Waals surface area contributed by atoms with E-state index in [2.05, 4.69) is 5.32 Å². The molecule has 0 saturated carbocycles. The van der Waals surface area contributed by atoms with Crippen LogP contribution in [0.25, 0.3) is 0 Å². The largest absolute Gasteiger partial charge is 0.508 e. The third-order valence-electron chi connectivity index (χ3n) is 2.55. The molecular weight excluding hydrogens is 302 g/mol. The number of benzene rings is 1. The van der Waals surface area contributed by atoms with E-state index in [1.807, 2.05) is 0 Å². The maximum absolute atomic E-state index is 11.8. The van der Waals surface area contributed by atoms with Gasteiger partial charge in [0.25, 0.3) is 0 Å². The molecule has 0 aromatic heterocycles. The van der Waals surface area contributed by atoms with Crippen LogP contribution in [0.3, 0.4) is 0 Å². The fraction of sp³-hybridized carbons (Fsp3) is 0.438. The molecule has 7 heteroatoms. The maximum Gasteiger partial charge on any atom is 0.407 e. The van der Waals surface area contributed by atoms with E-state index in [1.165, 1.54) is 24.3 Å². The van der Waals surface area contributed by atoms with Crippen LogP contribution >= 0.6 is 0 Å². The van der Waals surface area contributed by atoms with E-state index in [0.29, 0.717) is 5.56 Å². The van der Waals surface area contributed by atoms with E-state index in [4.69, 9.17) is 14.6 Å². The van der Waals surface area contributed by atoms with Crippen molar-refractivity contribution < 1.29 is 29.0 Å². The van der Waals surface area contributed by atoms with Crippen molar-refractivity contribution in [1.82, 2.24) is 5.32 Å². The first-order valence-electron chi connectivity index (χ1n) is 7.12. The molecule has 0 bridgehead atoms. The zero-order valence-corrected chi connectivity index (χ0v) is 13.4. The third-order valence-corrected chi connectivity index (χ3v) is 2.55. The number of carbonyl (C=O) groups is 3. The lowest BCUT2D eigenvalue weighted by molar-refractivity contribution is -0.142. The Kier molecular flexibility index (Phi) is 6.56. The predicted octanol–water partition coefficient (Wildman–Crippen LogP) is 2.03. The summed E-state index contributed by atoms with van der Waals surface area (Å²) in [6.07, 6.45) is -0.687. The number of aromatic hydroxyl groups is 1. The fourth-order valence-electron chi connectivity index (χ4n) is 1.53. The van der Waals surface area contributed by atoms with Crippen LogP contribution in [0, 0.1) is 0 Å². The molecule has 2 N–H and O–H groups in total. The summed E-state index contributed by atoms with van der Waals surface area (Å²) in [4.78, 5) is 34.6. The number of carbonyl (C=O) groups excluding carboxylic acids is 3. The van der Waals surface area contributed by atoms with Crippen LogP contribution in [0.5, 0.6) is 5.75 Å². The Hall–Kier alpha value is -2.57. The van der Waals surface area contributed by atoms with Gasteiger partial charge in [-0.25, -0.2) is 4.79 Å². The molecule has 0 atom stereocenters. The van der Waals surface area contributed by atoms with Crippen molar-refractivity contribution in [1.29, 1.82) is 0 Å². The number of nitrogens with one attached hydrogen (secondary N) is 1. The van der Waals surface area contributed by atoms with Gasteiger partial charge in [0.2, 0.25) is 0 Å². The van der Waals surface area contributed by atoms with Crippen molar-refractivity contribution in [2.75, 3.05) is 13.2 Å². The van der Waals surface area contributed by atoms with Crippen molar-refractivity contribution in [3.63, 3.8) is 0 Å². The minimum atomic E-state index is -0.620. The highest BCUT2D eigenvalue weighted by atomic mass is 16.6. The lowest BCUT2D eigenvalue weighted by Crippen LogP contribution is -2.33. The Labute approximate surface area is 134 Å². The van der Waals surface area contributed by atoms with Crippen molar-refractivity contribution >= 4 is 17.8 Å². The van der Waals surface area contributed by atoms with Crippen molar-refractivity contribution in [3.05, 3.63) is 29.8 Å². The SMILES string of the molecule is CC(C)(C)OC(=O)NCCC(=O)OCC(=O)c1ccc(O)cc1. The summed E-state index contributed by atoms with van der Waals surface area (Å²) in [5.74, 6) is -0.932. The molecule has 0 aliphatic heterocycles. The van der Waals surface area contributed by atoms with Gasteiger partial charge in [0.1, 0.15) is 11.4 Å². The summed E-state index contributed by atoms with van der Waals surface area (Å²) in [6, 6.07) is 5.63. The quantitative estimate of drug-likeness (QED) is 0.613. The number of alkyl carbamates (subject to hydrolysis) is 1. The maximum atomic E-state index is 11.8. The molecule has 1 rings (SSSR count). The lowest BCUT2D eigenvalue weighted by Gasteiger charge is -2.19. The molecule has 7 nitrogen and oxygen atoms in total. The molecule has 23 heavy (non-hydrogen) atoms. The van der Waals surface area contributed by atoms with E-state index < -0.39 is 24.3 Å². The molecule has 0 aliphatic rings. The van der Waals surface area contributed by atoms with Gasteiger partial charge in [-0.15, -0.1) is 0 Å². The van der Waals surface area contributed by atoms with Gasteiger partial charge < -0.3 is 19.9 Å². The zero-order chi connectivity index (χ0) is 17.5. The Morgan fingerprint density at radius 3 is 2.30 bits per heavy atom. The molecule has 0 fully saturated rings. The monoisotopic (exact) mass is 323 g/mol. The number of ketones is 1. The number of phenols is 1. The topological polar surface area (TPSA) is 102 Å². The van der Waals surface area contributed by atoms with Gasteiger partial charge in [-0.1, -0.05) is 0 Å². The van der Waals surface area contributed by atoms with E-state index in [-0.39, 0.29) is 24.5 Å². The number of rotatable bonds is 6. The van der Waals surface area contributed by atoms with Gasteiger partial charge in [-0.05, 0) is 45.0 Å². The van der Waals surface area contributed by atoms with E-state index in [9.17, 15) is 14.4 Å². The van der Waals surface area contributed by atoms with Crippen LogP contribution in [-0.4, -0.2) is 41.7 Å². The van der Waals surface area contributed by atoms with Gasteiger partial charge in [0.05, 0.1) is 6.42 Å². The third kappa shape index (κ3) is 7.85. The molecule has 126 valence electrons. The van der Waals surface area contributed by atoms with Gasteiger partial charge in [0.15, 0.2) is 12.4 Å². The van der Waals surface area contributed by atoms with Gasteiger partial charge in [-0.3, -0.25) is 9.59 Å². The first kappa shape index (κ1) is 18.5. The van der Waals surface area contributed by atoms with Gasteiger partial charge in [0, 0.05) is 12.1 Å². The van der Waals surface area contributed by atoms with Crippen molar-refractivity contribution in [2.24, 2.45) is 0 Å². The Bertz CT molecular complexity index is 559. The summed E-state index contributed by atoms with van der Waals surface area (Å²) in [6.45, 7) is 4.86. The highest BCUT2D eigenvalue weighted by Gasteiger charge is 2.16. The number of amides is 1. The number of hydrogen-bond donors (Lipinski definition) is 2. The van der Waals surface area contributed by atoms with Gasteiger partial charge >= 0.3 is 12.1 Å². The number of ether oxygens (including phenoxy) is 2.